The van der Waals surface area contributed by atoms with E-state index < -0.39 is 5.97 Å². The van der Waals surface area contributed by atoms with Crippen molar-refractivity contribution in [2.75, 3.05) is 27.4 Å². The summed E-state index contributed by atoms with van der Waals surface area (Å²) in [5.74, 6) is 0.560. The Kier molecular flexibility index (Phi) is 7.87. The highest BCUT2D eigenvalue weighted by atomic mass is 16.5. The zero-order valence-electron chi connectivity index (χ0n) is 16.8. The summed E-state index contributed by atoms with van der Waals surface area (Å²) >= 11 is 0. The van der Waals surface area contributed by atoms with Crippen LogP contribution in [-0.2, 0) is 27.2 Å². The molecule has 6 heteroatoms. The van der Waals surface area contributed by atoms with E-state index >= 15 is 0 Å². The van der Waals surface area contributed by atoms with Crippen molar-refractivity contribution in [1.82, 2.24) is 5.32 Å². The Bertz CT molecular complexity index is 832. The molecule has 0 aliphatic rings. The van der Waals surface area contributed by atoms with Crippen molar-refractivity contribution in [3.8, 4) is 11.5 Å². The van der Waals surface area contributed by atoms with Gasteiger partial charge in [0.15, 0.2) is 18.1 Å². The second-order valence-corrected chi connectivity index (χ2v) is 6.55. The van der Waals surface area contributed by atoms with E-state index in [2.05, 4.69) is 5.32 Å². The Labute approximate surface area is 165 Å². The van der Waals surface area contributed by atoms with Crippen molar-refractivity contribution in [3.05, 3.63) is 58.7 Å². The highest BCUT2D eigenvalue weighted by Crippen LogP contribution is 2.27. The Morgan fingerprint density at radius 3 is 2.29 bits per heavy atom. The van der Waals surface area contributed by atoms with E-state index in [1.165, 1.54) is 5.56 Å². The highest BCUT2D eigenvalue weighted by Gasteiger charge is 2.10. The average molecular weight is 385 g/mol. The fourth-order valence-electron chi connectivity index (χ4n) is 2.71. The first-order valence-corrected chi connectivity index (χ1v) is 9.12. The van der Waals surface area contributed by atoms with Gasteiger partial charge in [0, 0.05) is 6.54 Å². The summed E-state index contributed by atoms with van der Waals surface area (Å²) in [5.41, 5.74) is 4.18. The molecule has 0 aliphatic carbocycles. The number of ether oxygens (including phenoxy) is 3. The van der Waals surface area contributed by atoms with Crippen molar-refractivity contribution in [2.45, 2.75) is 26.7 Å². The number of nitrogens with one attached hydrogen (secondary N) is 1. The Hall–Kier alpha value is -3.02. The van der Waals surface area contributed by atoms with Gasteiger partial charge < -0.3 is 19.5 Å². The molecule has 2 rings (SSSR count). The van der Waals surface area contributed by atoms with E-state index in [9.17, 15) is 9.59 Å². The van der Waals surface area contributed by atoms with Crippen molar-refractivity contribution in [1.29, 1.82) is 0 Å². The molecule has 0 aromatic heterocycles. The zero-order valence-corrected chi connectivity index (χ0v) is 16.8. The molecule has 0 atom stereocenters. The van der Waals surface area contributed by atoms with Crippen LogP contribution in [0.2, 0.25) is 0 Å². The molecule has 0 saturated heterocycles. The van der Waals surface area contributed by atoms with Gasteiger partial charge in [0.1, 0.15) is 0 Å². The number of hydrogen-bond acceptors (Lipinski definition) is 5. The zero-order chi connectivity index (χ0) is 20.5. The molecule has 0 bridgehead atoms. The van der Waals surface area contributed by atoms with Gasteiger partial charge in [-0.15, -0.1) is 0 Å². The number of esters is 1. The summed E-state index contributed by atoms with van der Waals surface area (Å²) in [7, 11) is 3.16. The predicted octanol–water partition coefficient (Wildman–Crippen LogP) is 2.77. The number of rotatable bonds is 9. The molecule has 6 nitrogen and oxygen atoms in total. The first-order chi connectivity index (χ1) is 13.4. The van der Waals surface area contributed by atoms with Gasteiger partial charge in [0.25, 0.3) is 5.91 Å². The van der Waals surface area contributed by atoms with Crippen LogP contribution in [0.4, 0.5) is 0 Å². The second-order valence-electron chi connectivity index (χ2n) is 6.55. The summed E-state index contributed by atoms with van der Waals surface area (Å²) in [6.45, 7) is 4.17. The van der Waals surface area contributed by atoms with Crippen molar-refractivity contribution in [2.24, 2.45) is 0 Å². The van der Waals surface area contributed by atoms with Crippen LogP contribution in [0, 0.1) is 13.8 Å². The molecular weight excluding hydrogens is 358 g/mol. The smallest absolute Gasteiger partial charge is 0.310 e. The number of carbonyl (C=O) groups is 2. The molecule has 2 aromatic carbocycles. The van der Waals surface area contributed by atoms with E-state index in [-0.39, 0.29) is 18.9 Å². The van der Waals surface area contributed by atoms with Crippen molar-refractivity contribution < 1.29 is 23.8 Å². The van der Waals surface area contributed by atoms with Crippen LogP contribution >= 0.6 is 0 Å². The van der Waals surface area contributed by atoms with Crippen LogP contribution in [0.1, 0.15) is 22.3 Å². The number of amides is 1. The summed E-state index contributed by atoms with van der Waals surface area (Å²) in [6.07, 6.45) is 0.780. The molecule has 0 aliphatic heterocycles. The van der Waals surface area contributed by atoms with Gasteiger partial charge in [-0.2, -0.15) is 0 Å². The minimum absolute atomic E-state index is 0.153. The van der Waals surface area contributed by atoms with Crippen molar-refractivity contribution in [3.63, 3.8) is 0 Å². The van der Waals surface area contributed by atoms with Gasteiger partial charge in [-0.05, 0) is 54.7 Å². The molecule has 2 aromatic rings. The molecule has 150 valence electrons. The Morgan fingerprint density at radius 2 is 1.61 bits per heavy atom. The van der Waals surface area contributed by atoms with Gasteiger partial charge >= 0.3 is 5.97 Å². The van der Waals surface area contributed by atoms with Crippen LogP contribution in [0.3, 0.4) is 0 Å². The highest BCUT2D eigenvalue weighted by molar-refractivity contribution is 5.81. The SMILES string of the molecule is COc1ccc(CCNC(=O)COC(=O)Cc2ccc(C)c(C)c2)cc1OC. The Morgan fingerprint density at radius 1 is 0.893 bits per heavy atom. The lowest BCUT2D eigenvalue weighted by Gasteiger charge is -2.10. The molecule has 0 radical (unpaired) electrons. The lowest BCUT2D eigenvalue weighted by Crippen LogP contribution is -2.30. The van der Waals surface area contributed by atoms with Crippen LogP contribution in [0.25, 0.3) is 0 Å². The molecule has 0 fully saturated rings. The largest absolute Gasteiger partial charge is 0.493 e. The minimum atomic E-state index is -0.418. The Balaban J connectivity index is 1.72. The molecule has 1 amide bonds. The summed E-state index contributed by atoms with van der Waals surface area (Å²) in [6, 6.07) is 11.4. The molecule has 0 saturated carbocycles. The molecule has 0 heterocycles. The van der Waals surface area contributed by atoms with E-state index in [1.54, 1.807) is 14.2 Å². The van der Waals surface area contributed by atoms with E-state index in [0.29, 0.717) is 24.5 Å². The molecule has 0 unspecified atom stereocenters. The standard InChI is InChI=1S/C22H27NO5/c1-15-5-6-18(11-16(15)2)13-22(25)28-14-21(24)23-10-9-17-7-8-19(26-3)20(12-17)27-4/h5-8,11-12H,9-10,13-14H2,1-4H3,(H,23,24). The lowest BCUT2D eigenvalue weighted by atomic mass is 10.0. The maximum Gasteiger partial charge on any atom is 0.310 e. The number of methoxy groups -OCH3 is 2. The van der Waals surface area contributed by atoms with E-state index in [1.807, 2.05) is 50.2 Å². The maximum absolute atomic E-state index is 11.9. The quantitative estimate of drug-likeness (QED) is 0.672. The van der Waals surface area contributed by atoms with Crippen LogP contribution in [-0.4, -0.2) is 39.2 Å². The second kappa shape index (κ2) is 10.3. The third-order valence-electron chi connectivity index (χ3n) is 4.47. The number of benzene rings is 2. The monoisotopic (exact) mass is 385 g/mol. The molecule has 0 spiro atoms. The number of carbonyl (C=O) groups excluding carboxylic acids is 2. The van der Waals surface area contributed by atoms with Crippen LogP contribution in [0.15, 0.2) is 36.4 Å². The minimum Gasteiger partial charge on any atom is -0.493 e. The van der Waals surface area contributed by atoms with Crippen LogP contribution in [0.5, 0.6) is 11.5 Å². The predicted molar refractivity (Wildman–Crippen MR) is 107 cm³/mol. The van der Waals surface area contributed by atoms with Gasteiger partial charge in [-0.3, -0.25) is 9.59 Å². The number of hydrogen-bond donors (Lipinski definition) is 1. The van der Waals surface area contributed by atoms with Crippen LogP contribution < -0.4 is 14.8 Å². The van der Waals surface area contributed by atoms with Gasteiger partial charge in [0.05, 0.1) is 20.6 Å². The molecule has 28 heavy (non-hydrogen) atoms. The lowest BCUT2D eigenvalue weighted by molar-refractivity contribution is -0.147. The summed E-state index contributed by atoms with van der Waals surface area (Å²) in [4.78, 5) is 23.8. The summed E-state index contributed by atoms with van der Waals surface area (Å²) in [5, 5.41) is 2.74. The van der Waals surface area contributed by atoms with Gasteiger partial charge in [0.2, 0.25) is 0 Å². The van der Waals surface area contributed by atoms with E-state index in [4.69, 9.17) is 14.2 Å². The fourth-order valence-corrected chi connectivity index (χ4v) is 2.71. The third-order valence-corrected chi connectivity index (χ3v) is 4.47. The number of aryl methyl sites for hydroxylation is 2. The first-order valence-electron chi connectivity index (χ1n) is 9.12. The van der Waals surface area contributed by atoms with Gasteiger partial charge in [-0.1, -0.05) is 24.3 Å². The summed E-state index contributed by atoms with van der Waals surface area (Å²) < 4.78 is 15.5. The topological polar surface area (TPSA) is 73.9 Å². The first kappa shape index (κ1) is 21.3. The molecule has 1 N–H and O–H groups in total. The van der Waals surface area contributed by atoms with Gasteiger partial charge in [-0.25, -0.2) is 0 Å². The van der Waals surface area contributed by atoms with E-state index in [0.717, 1.165) is 16.7 Å². The van der Waals surface area contributed by atoms with Crippen molar-refractivity contribution >= 4 is 11.9 Å². The third kappa shape index (κ3) is 6.30. The normalized spacial score (nSPS) is 10.3. The average Bonchev–Trinajstić information content (AvgIpc) is 2.69. The molecular formula is C22H27NO5. The fraction of sp³-hybridized carbons (Fsp3) is 0.364. The maximum atomic E-state index is 11.9.